The zero-order chi connectivity index (χ0) is 18.7. The van der Waals surface area contributed by atoms with Crippen molar-refractivity contribution in [2.45, 2.75) is 6.61 Å². The lowest BCUT2D eigenvalue weighted by Gasteiger charge is -2.13. The van der Waals surface area contributed by atoms with Crippen molar-refractivity contribution in [3.8, 4) is 11.5 Å². The summed E-state index contributed by atoms with van der Waals surface area (Å²) in [5.41, 5.74) is 1.72. The Hall–Kier alpha value is -2.70. The van der Waals surface area contributed by atoms with Gasteiger partial charge in [-0.1, -0.05) is 29.8 Å². The normalized spacial score (nSPS) is 10.8. The van der Waals surface area contributed by atoms with Gasteiger partial charge in [-0.25, -0.2) is 0 Å². The highest BCUT2D eigenvalue weighted by molar-refractivity contribution is 6.32. The number of furan rings is 1. The lowest BCUT2D eigenvalue weighted by Crippen LogP contribution is -2.14. The van der Waals surface area contributed by atoms with Crippen molar-refractivity contribution in [1.82, 2.24) is 0 Å². The Morgan fingerprint density at radius 1 is 1.12 bits per heavy atom. The molecule has 0 aliphatic heterocycles. The van der Waals surface area contributed by atoms with Gasteiger partial charge in [0, 0.05) is 30.2 Å². The molecule has 0 aliphatic carbocycles. The van der Waals surface area contributed by atoms with Crippen LogP contribution in [-0.4, -0.2) is 27.2 Å². The van der Waals surface area contributed by atoms with Crippen molar-refractivity contribution in [2.24, 2.45) is 0 Å². The molecule has 0 atom stereocenters. The monoisotopic (exact) mass is 375 g/mol. The van der Waals surface area contributed by atoms with Crippen molar-refractivity contribution in [3.63, 3.8) is 0 Å². The molecule has 1 N–H and O–H groups in total. The Kier molecular flexibility index (Phi) is 5.35. The maximum atomic E-state index is 12.8. The van der Waals surface area contributed by atoms with Gasteiger partial charge in [0.2, 0.25) is 0 Å². The number of nitrogens with one attached hydrogen (secondary N) is 1. The second-order valence-corrected chi connectivity index (χ2v) is 5.89. The number of anilines is 1. The molecule has 3 rings (SSSR count). The van der Waals surface area contributed by atoms with E-state index in [2.05, 4.69) is 5.32 Å². The topological polar surface area (TPSA) is 69.9 Å². The number of amides is 1. The van der Waals surface area contributed by atoms with Gasteiger partial charge in [-0.3, -0.25) is 4.79 Å². The highest BCUT2D eigenvalue weighted by Gasteiger charge is 2.22. The van der Waals surface area contributed by atoms with Crippen LogP contribution in [0.5, 0.6) is 11.5 Å². The SMILES string of the molecule is COCc1c(C(=O)Nc2cc(OC)c(Cl)cc2OC)oc2ccccc12. The average molecular weight is 376 g/mol. The molecule has 0 spiro atoms. The summed E-state index contributed by atoms with van der Waals surface area (Å²) in [6.07, 6.45) is 0. The molecule has 0 saturated carbocycles. The van der Waals surface area contributed by atoms with Gasteiger partial charge >= 0.3 is 0 Å². The minimum absolute atomic E-state index is 0.184. The number of hydrogen-bond acceptors (Lipinski definition) is 5. The Bertz CT molecular complexity index is 950. The molecule has 7 heteroatoms. The number of methoxy groups -OCH3 is 3. The fourth-order valence-electron chi connectivity index (χ4n) is 2.71. The third-order valence-electron chi connectivity index (χ3n) is 3.92. The van der Waals surface area contributed by atoms with Crippen LogP contribution in [0.4, 0.5) is 5.69 Å². The Labute approximate surface area is 155 Å². The molecule has 0 bridgehead atoms. The van der Waals surface area contributed by atoms with Crippen LogP contribution in [0.15, 0.2) is 40.8 Å². The average Bonchev–Trinajstić information content (AvgIpc) is 3.02. The van der Waals surface area contributed by atoms with Crippen molar-refractivity contribution in [2.75, 3.05) is 26.6 Å². The van der Waals surface area contributed by atoms with E-state index in [1.807, 2.05) is 18.2 Å². The summed E-state index contributed by atoms with van der Waals surface area (Å²) in [6.45, 7) is 0.251. The number of halogens is 1. The predicted molar refractivity (Wildman–Crippen MR) is 99.4 cm³/mol. The largest absolute Gasteiger partial charge is 0.495 e. The number of benzene rings is 2. The highest BCUT2D eigenvalue weighted by atomic mass is 35.5. The molecule has 0 saturated heterocycles. The minimum atomic E-state index is -0.420. The lowest BCUT2D eigenvalue weighted by molar-refractivity contribution is 0.0991. The fraction of sp³-hybridized carbons (Fsp3) is 0.211. The van der Waals surface area contributed by atoms with Crippen LogP contribution in [-0.2, 0) is 11.3 Å². The molecule has 2 aromatic carbocycles. The number of rotatable bonds is 6. The molecule has 0 aliphatic rings. The summed E-state index contributed by atoms with van der Waals surface area (Å²) in [5, 5.41) is 4.00. The molecule has 1 heterocycles. The van der Waals surface area contributed by atoms with Crippen molar-refractivity contribution in [3.05, 3.63) is 52.7 Å². The molecular weight excluding hydrogens is 358 g/mol. The van der Waals surface area contributed by atoms with Crippen molar-refractivity contribution < 1.29 is 23.4 Å². The van der Waals surface area contributed by atoms with E-state index in [1.165, 1.54) is 14.2 Å². The van der Waals surface area contributed by atoms with Gasteiger partial charge in [0.25, 0.3) is 5.91 Å². The molecule has 0 unspecified atom stereocenters. The summed E-state index contributed by atoms with van der Waals surface area (Å²) in [5.74, 6) is 0.595. The first-order chi connectivity index (χ1) is 12.6. The highest BCUT2D eigenvalue weighted by Crippen LogP contribution is 2.36. The summed E-state index contributed by atoms with van der Waals surface area (Å²) < 4.78 is 21.5. The summed E-state index contributed by atoms with van der Waals surface area (Å²) in [4.78, 5) is 12.8. The second kappa shape index (κ2) is 7.68. The van der Waals surface area contributed by atoms with Gasteiger partial charge in [-0.15, -0.1) is 0 Å². The van der Waals surface area contributed by atoms with E-state index in [-0.39, 0.29) is 12.4 Å². The van der Waals surface area contributed by atoms with E-state index >= 15 is 0 Å². The molecule has 1 amide bonds. The molecular formula is C19H18ClNO5. The fourth-order valence-corrected chi connectivity index (χ4v) is 2.94. The zero-order valence-electron chi connectivity index (χ0n) is 14.6. The van der Waals surface area contributed by atoms with Crippen LogP contribution in [0.3, 0.4) is 0 Å². The lowest BCUT2D eigenvalue weighted by atomic mass is 10.1. The predicted octanol–water partition coefficient (Wildman–Crippen LogP) is 4.50. The molecule has 26 heavy (non-hydrogen) atoms. The first-order valence-electron chi connectivity index (χ1n) is 7.81. The van der Waals surface area contributed by atoms with E-state index in [4.69, 9.17) is 30.2 Å². The quantitative estimate of drug-likeness (QED) is 0.686. The third-order valence-corrected chi connectivity index (χ3v) is 4.21. The van der Waals surface area contributed by atoms with E-state index in [0.29, 0.717) is 33.4 Å². The van der Waals surface area contributed by atoms with E-state index < -0.39 is 5.91 Å². The Morgan fingerprint density at radius 2 is 1.85 bits per heavy atom. The van der Waals surface area contributed by atoms with E-state index in [1.54, 1.807) is 25.3 Å². The second-order valence-electron chi connectivity index (χ2n) is 5.48. The Balaban J connectivity index is 2.01. The van der Waals surface area contributed by atoms with Gasteiger partial charge in [0.05, 0.1) is 31.5 Å². The van der Waals surface area contributed by atoms with Crippen LogP contribution in [0.1, 0.15) is 16.1 Å². The molecule has 3 aromatic rings. The number of carbonyl (C=O) groups excluding carboxylic acids is 1. The minimum Gasteiger partial charge on any atom is -0.495 e. The van der Waals surface area contributed by atoms with E-state index in [0.717, 1.165) is 5.39 Å². The standard InChI is InChI=1S/C19H18ClNO5/c1-23-10-12-11-6-4-5-7-15(11)26-18(12)19(22)21-14-9-16(24-2)13(20)8-17(14)25-3/h4-9H,10H2,1-3H3,(H,21,22). The van der Waals surface area contributed by atoms with Crippen LogP contribution in [0, 0.1) is 0 Å². The first kappa shape index (κ1) is 18.1. The summed E-state index contributed by atoms with van der Waals surface area (Å²) >= 11 is 6.10. The number of fused-ring (bicyclic) bond motifs is 1. The van der Waals surface area contributed by atoms with Crippen LogP contribution >= 0.6 is 11.6 Å². The van der Waals surface area contributed by atoms with Crippen LogP contribution in [0.2, 0.25) is 5.02 Å². The van der Waals surface area contributed by atoms with Crippen molar-refractivity contribution >= 4 is 34.2 Å². The molecule has 6 nitrogen and oxygen atoms in total. The maximum absolute atomic E-state index is 12.8. The van der Waals surface area contributed by atoms with Gasteiger partial charge in [-0.2, -0.15) is 0 Å². The van der Waals surface area contributed by atoms with Gasteiger partial charge in [0.1, 0.15) is 17.1 Å². The maximum Gasteiger partial charge on any atom is 0.291 e. The Morgan fingerprint density at radius 3 is 2.54 bits per heavy atom. The number of carbonyl (C=O) groups is 1. The van der Waals surface area contributed by atoms with Gasteiger partial charge in [-0.05, 0) is 6.07 Å². The summed E-state index contributed by atoms with van der Waals surface area (Å²) in [6, 6.07) is 10.6. The van der Waals surface area contributed by atoms with Gasteiger partial charge < -0.3 is 23.9 Å². The van der Waals surface area contributed by atoms with Crippen LogP contribution in [0.25, 0.3) is 11.0 Å². The molecule has 0 radical (unpaired) electrons. The van der Waals surface area contributed by atoms with E-state index in [9.17, 15) is 4.79 Å². The number of hydrogen-bond donors (Lipinski definition) is 1. The van der Waals surface area contributed by atoms with Crippen molar-refractivity contribution in [1.29, 1.82) is 0 Å². The van der Waals surface area contributed by atoms with Crippen LogP contribution < -0.4 is 14.8 Å². The molecule has 136 valence electrons. The number of para-hydroxylation sites is 1. The van der Waals surface area contributed by atoms with Gasteiger partial charge in [0.15, 0.2) is 5.76 Å². The zero-order valence-corrected chi connectivity index (χ0v) is 15.3. The smallest absolute Gasteiger partial charge is 0.291 e. The first-order valence-corrected chi connectivity index (χ1v) is 8.19. The third kappa shape index (κ3) is 3.34. The summed E-state index contributed by atoms with van der Waals surface area (Å²) in [7, 11) is 4.55. The molecule has 0 fully saturated rings. The number of ether oxygens (including phenoxy) is 3. The molecule has 1 aromatic heterocycles.